The second-order valence-corrected chi connectivity index (χ2v) is 9.15. The zero-order chi connectivity index (χ0) is 14.5. The third-order valence-corrected chi connectivity index (χ3v) is 8.47. The van der Waals surface area contributed by atoms with Crippen molar-refractivity contribution in [2.75, 3.05) is 0 Å². The van der Waals surface area contributed by atoms with Gasteiger partial charge in [-0.3, -0.25) is 4.79 Å². The molecule has 21 heavy (non-hydrogen) atoms. The van der Waals surface area contributed by atoms with Gasteiger partial charge in [-0.05, 0) is 27.2 Å². The molecule has 0 saturated carbocycles. The van der Waals surface area contributed by atoms with Crippen molar-refractivity contribution >= 4 is 27.8 Å². The predicted octanol–water partition coefficient (Wildman–Crippen LogP) is 4.14. The maximum atomic E-state index is 12.6. The minimum Gasteiger partial charge on any atom is -0.459 e. The van der Waals surface area contributed by atoms with Gasteiger partial charge in [0.2, 0.25) is 0 Å². The summed E-state index contributed by atoms with van der Waals surface area (Å²) in [4.78, 5) is 12.6. The Morgan fingerprint density at radius 1 is 0.905 bits per heavy atom. The topological polar surface area (TPSA) is 26.3 Å². The summed E-state index contributed by atoms with van der Waals surface area (Å²) in [6.07, 6.45) is 8.12. The standard InChI is InChI=1S/C17H18O2S2/c18-16(19-14-15-8-2-1-3-9-15)17(20-10-4-5-11-20)21-12-6-7-13-21/h1-13,17,20-21H,14H2. The summed E-state index contributed by atoms with van der Waals surface area (Å²) in [5.41, 5.74) is 1.03. The Morgan fingerprint density at radius 2 is 1.43 bits per heavy atom. The van der Waals surface area contributed by atoms with E-state index in [1.807, 2.05) is 54.6 Å². The van der Waals surface area contributed by atoms with Crippen LogP contribution in [0.2, 0.25) is 0 Å². The normalized spacial score (nSPS) is 18.9. The molecular formula is C17H18O2S2. The minimum absolute atomic E-state index is 0.0521. The van der Waals surface area contributed by atoms with Crippen molar-refractivity contribution in [3.8, 4) is 0 Å². The van der Waals surface area contributed by atoms with Crippen molar-refractivity contribution in [1.82, 2.24) is 0 Å². The number of esters is 1. The smallest absolute Gasteiger partial charge is 0.327 e. The zero-order valence-corrected chi connectivity index (χ0v) is 13.3. The number of thiol groups is 2. The van der Waals surface area contributed by atoms with Crippen LogP contribution >= 0.6 is 21.8 Å². The molecule has 0 N–H and O–H groups in total. The van der Waals surface area contributed by atoms with Crippen molar-refractivity contribution in [3.63, 3.8) is 0 Å². The van der Waals surface area contributed by atoms with Gasteiger partial charge in [0.1, 0.15) is 11.2 Å². The summed E-state index contributed by atoms with van der Waals surface area (Å²) in [5, 5.41) is 8.58. The van der Waals surface area contributed by atoms with Gasteiger partial charge in [0, 0.05) is 0 Å². The highest BCUT2D eigenvalue weighted by atomic mass is 32.3. The van der Waals surface area contributed by atoms with E-state index in [1.54, 1.807) is 0 Å². The molecule has 2 aliphatic rings. The third-order valence-electron chi connectivity index (χ3n) is 3.25. The van der Waals surface area contributed by atoms with Gasteiger partial charge >= 0.3 is 5.97 Å². The lowest BCUT2D eigenvalue weighted by molar-refractivity contribution is -0.142. The molecule has 4 heteroatoms. The van der Waals surface area contributed by atoms with Crippen LogP contribution in [-0.2, 0) is 16.1 Å². The van der Waals surface area contributed by atoms with E-state index in [9.17, 15) is 4.79 Å². The van der Waals surface area contributed by atoms with Crippen molar-refractivity contribution in [1.29, 1.82) is 0 Å². The van der Waals surface area contributed by atoms with Crippen LogP contribution in [0.1, 0.15) is 5.56 Å². The van der Waals surface area contributed by atoms with Crippen LogP contribution in [0.15, 0.2) is 76.3 Å². The number of carbonyl (C=O) groups excluding carboxylic acids is 1. The largest absolute Gasteiger partial charge is 0.459 e. The summed E-state index contributed by atoms with van der Waals surface area (Å²) in [6, 6.07) is 9.83. The van der Waals surface area contributed by atoms with Gasteiger partial charge in [-0.1, -0.05) is 54.6 Å². The first-order valence-electron chi connectivity index (χ1n) is 6.80. The maximum Gasteiger partial charge on any atom is 0.327 e. The van der Waals surface area contributed by atoms with Crippen LogP contribution in [0, 0.1) is 0 Å². The second-order valence-electron chi connectivity index (χ2n) is 4.73. The Hall–Kier alpha value is -1.65. The number of carbonyl (C=O) groups is 1. The van der Waals surface area contributed by atoms with E-state index < -0.39 is 21.8 Å². The van der Waals surface area contributed by atoms with E-state index in [-0.39, 0.29) is 10.6 Å². The maximum absolute atomic E-state index is 12.6. The first-order valence-corrected chi connectivity index (χ1v) is 9.90. The number of hydrogen-bond acceptors (Lipinski definition) is 2. The monoisotopic (exact) mass is 318 g/mol. The summed E-state index contributed by atoms with van der Waals surface area (Å²) < 4.78 is 5.52. The van der Waals surface area contributed by atoms with E-state index in [0.29, 0.717) is 6.61 Å². The van der Waals surface area contributed by atoms with Crippen LogP contribution in [-0.4, -0.2) is 10.6 Å². The Kier molecular flexibility index (Phi) is 4.68. The summed E-state index contributed by atoms with van der Waals surface area (Å²) in [7, 11) is -1.10. The van der Waals surface area contributed by atoms with Gasteiger partial charge in [0.25, 0.3) is 0 Å². The lowest BCUT2D eigenvalue weighted by atomic mass is 10.2. The Balaban J connectivity index is 1.69. The number of allylic oxidation sites excluding steroid dienone is 4. The highest BCUT2D eigenvalue weighted by Gasteiger charge is 2.29. The van der Waals surface area contributed by atoms with Crippen LogP contribution in [0.4, 0.5) is 0 Å². The van der Waals surface area contributed by atoms with Gasteiger partial charge in [0.05, 0.1) is 0 Å². The van der Waals surface area contributed by atoms with Crippen molar-refractivity contribution in [2.45, 2.75) is 11.2 Å². The Morgan fingerprint density at radius 3 is 1.95 bits per heavy atom. The Labute approximate surface area is 130 Å². The van der Waals surface area contributed by atoms with E-state index >= 15 is 0 Å². The van der Waals surface area contributed by atoms with Crippen molar-refractivity contribution in [3.05, 3.63) is 81.8 Å². The van der Waals surface area contributed by atoms with E-state index in [2.05, 4.69) is 21.6 Å². The molecule has 1 aromatic carbocycles. The average molecular weight is 318 g/mol. The first-order chi connectivity index (χ1) is 10.3. The number of rotatable bonds is 5. The molecular weight excluding hydrogens is 300 g/mol. The fraction of sp³-hybridized carbons (Fsp3) is 0.118. The molecule has 2 heterocycles. The number of hydrogen-bond donors (Lipinski definition) is 2. The first kappa shape index (κ1) is 14.3. The van der Waals surface area contributed by atoms with Crippen molar-refractivity contribution in [2.24, 2.45) is 0 Å². The van der Waals surface area contributed by atoms with E-state index in [0.717, 1.165) is 5.56 Å². The summed E-state index contributed by atoms with van der Waals surface area (Å²) in [5.74, 6) is -0.0801. The van der Waals surface area contributed by atoms with E-state index in [4.69, 9.17) is 4.74 Å². The molecule has 0 spiro atoms. The van der Waals surface area contributed by atoms with Crippen molar-refractivity contribution < 1.29 is 9.53 Å². The van der Waals surface area contributed by atoms with E-state index in [1.165, 1.54) is 0 Å². The molecule has 0 aromatic heterocycles. The van der Waals surface area contributed by atoms with Crippen LogP contribution in [0.25, 0.3) is 0 Å². The number of ether oxygens (including phenoxy) is 1. The molecule has 0 saturated heterocycles. The molecule has 110 valence electrons. The van der Waals surface area contributed by atoms with Gasteiger partial charge in [-0.25, -0.2) is 0 Å². The predicted molar refractivity (Wildman–Crippen MR) is 94.6 cm³/mol. The van der Waals surface area contributed by atoms with Gasteiger partial charge in [0.15, 0.2) is 0 Å². The van der Waals surface area contributed by atoms with Crippen LogP contribution in [0.5, 0.6) is 0 Å². The highest BCUT2D eigenvalue weighted by Crippen LogP contribution is 2.54. The summed E-state index contributed by atoms with van der Waals surface area (Å²) in [6.45, 7) is 0.351. The molecule has 0 radical (unpaired) electrons. The lowest BCUT2D eigenvalue weighted by Gasteiger charge is -2.28. The quantitative estimate of drug-likeness (QED) is 0.630. The molecule has 0 atom stereocenters. The fourth-order valence-corrected chi connectivity index (χ4v) is 7.06. The molecule has 2 aliphatic heterocycles. The van der Waals surface area contributed by atoms with Gasteiger partial charge < -0.3 is 4.74 Å². The van der Waals surface area contributed by atoms with Gasteiger partial charge in [-0.15, -0.1) is 0 Å². The minimum atomic E-state index is -0.549. The molecule has 1 aromatic rings. The third kappa shape index (κ3) is 3.52. The SMILES string of the molecule is O=C(OCc1ccccc1)C([SH]1C=CC=C1)[SH]1C=CC=C1. The number of benzene rings is 1. The van der Waals surface area contributed by atoms with Gasteiger partial charge in [-0.2, -0.15) is 21.8 Å². The zero-order valence-electron chi connectivity index (χ0n) is 11.5. The second kappa shape index (κ2) is 6.87. The van der Waals surface area contributed by atoms with Crippen LogP contribution in [0.3, 0.4) is 0 Å². The molecule has 0 bridgehead atoms. The molecule has 2 nitrogen and oxygen atoms in total. The molecule has 0 amide bonds. The molecule has 3 rings (SSSR count). The summed E-state index contributed by atoms with van der Waals surface area (Å²) >= 11 is 0. The highest BCUT2D eigenvalue weighted by molar-refractivity contribution is 8.39. The molecule has 0 unspecified atom stereocenters. The molecule has 0 fully saturated rings. The fourth-order valence-electron chi connectivity index (χ4n) is 2.22. The molecule has 0 aliphatic carbocycles. The Bertz CT molecular complexity index is 565. The van der Waals surface area contributed by atoms with Crippen LogP contribution < -0.4 is 0 Å². The lowest BCUT2D eigenvalue weighted by Crippen LogP contribution is -2.21. The average Bonchev–Trinajstić information content (AvgIpc) is 3.20.